The smallest absolute Gasteiger partial charge is 0.229 e. The van der Waals surface area contributed by atoms with Crippen LogP contribution in [0.25, 0.3) is 0 Å². The summed E-state index contributed by atoms with van der Waals surface area (Å²) in [5.74, 6) is 0.380. The molecule has 8 heteroatoms. The molecule has 1 fully saturated rings. The largest absolute Gasteiger partial charge is 0.508 e. The molecule has 1 aliphatic rings. The van der Waals surface area contributed by atoms with Gasteiger partial charge in [-0.3, -0.25) is 0 Å². The molecule has 1 saturated heterocycles. The van der Waals surface area contributed by atoms with Crippen LogP contribution in [0.1, 0.15) is 31.4 Å². The maximum absolute atomic E-state index is 10.1. The second kappa shape index (κ2) is 8.08. The minimum Gasteiger partial charge on any atom is -0.508 e. The van der Waals surface area contributed by atoms with Crippen molar-refractivity contribution < 1.29 is 40.1 Å². The predicted molar refractivity (Wildman–Crippen MR) is 91.9 cm³/mol. The van der Waals surface area contributed by atoms with Crippen molar-refractivity contribution >= 4 is 0 Å². The first kappa shape index (κ1) is 20.9. The molecule has 0 saturated carbocycles. The van der Waals surface area contributed by atoms with Gasteiger partial charge in [0.05, 0.1) is 12.2 Å². The highest BCUT2D eigenvalue weighted by Gasteiger charge is 2.44. The summed E-state index contributed by atoms with van der Waals surface area (Å²) >= 11 is 0. The van der Waals surface area contributed by atoms with Crippen LogP contribution in [-0.4, -0.2) is 73.6 Å². The van der Waals surface area contributed by atoms with Crippen molar-refractivity contribution in [3.05, 3.63) is 23.3 Å². The van der Waals surface area contributed by atoms with Crippen LogP contribution in [0.4, 0.5) is 0 Å². The zero-order valence-electron chi connectivity index (χ0n) is 15.2. The van der Waals surface area contributed by atoms with Gasteiger partial charge >= 0.3 is 0 Å². The van der Waals surface area contributed by atoms with Crippen molar-refractivity contribution in [2.75, 3.05) is 6.61 Å². The van der Waals surface area contributed by atoms with Crippen molar-refractivity contribution in [2.24, 2.45) is 0 Å². The third-order valence-electron chi connectivity index (χ3n) is 4.48. The minimum absolute atomic E-state index is 0.0666. The Morgan fingerprint density at radius 1 is 1.12 bits per heavy atom. The van der Waals surface area contributed by atoms with Crippen LogP contribution in [-0.2, 0) is 11.2 Å². The molecule has 0 spiro atoms. The van der Waals surface area contributed by atoms with Crippen molar-refractivity contribution in [3.8, 4) is 11.5 Å². The molecule has 1 heterocycles. The van der Waals surface area contributed by atoms with Crippen molar-refractivity contribution in [1.82, 2.24) is 0 Å². The van der Waals surface area contributed by atoms with Gasteiger partial charge in [-0.05, 0) is 56.9 Å². The van der Waals surface area contributed by atoms with E-state index in [1.54, 1.807) is 26.8 Å². The first-order valence-corrected chi connectivity index (χ1v) is 8.55. The molecule has 148 valence electrons. The number of phenols is 1. The molecule has 1 aromatic rings. The number of aromatic hydroxyl groups is 1. The minimum atomic E-state index is -1.54. The first-order valence-electron chi connectivity index (χ1n) is 8.55. The van der Waals surface area contributed by atoms with Crippen LogP contribution in [0.5, 0.6) is 11.5 Å². The Hall–Kier alpha value is -1.42. The Labute approximate surface area is 152 Å². The number of hydrogen-bond acceptors (Lipinski definition) is 8. The maximum Gasteiger partial charge on any atom is 0.229 e. The van der Waals surface area contributed by atoms with E-state index in [9.17, 15) is 30.6 Å². The second-order valence-corrected chi connectivity index (χ2v) is 7.37. The summed E-state index contributed by atoms with van der Waals surface area (Å²) in [4.78, 5) is 0. The number of aliphatic hydroxyl groups is 5. The molecule has 1 aliphatic heterocycles. The number of aryl methyl sites for hydroxylation is 2. The fourth-order valence-corrected chi connectivity index (χ4v) is 2.75. The summed E-state index contributed by atoms with van der Waals surface area (Å²) in [6.45, 7) is 4.46. The fraction of sp³-hybridized carbons (Fsp3) is 0.667. The summed E-state index contributed by atoms with van der Waals surface area (Å²) < 4.78 is 11.1. The van der Waals surface area contributed by atoms with Crippen molar-refractivity contribution in [3.63, 3.8) is 0 Å². The van der Waals surface area contributed by atoms with Gasteiger partial charge in [0.15, 0.2) is 0 Å². The zero-order chi connectivity index (χ0) is 19.6. The van der Waals surface area contributed by atoms with Gasteiger partial charge < -0.3 is 40.1 Å². The molecular weight excluding hydrogens is 344 g/mol. The standard InChI is InChI=1S/C18H28O8/c1-9-6-12(10(7-11(9)20)4-5-18(2,3)24)25-17-16(23)15(22)14(21)13(8-19)26-17/h6-7,13-17,19-24H,4-5,8H2,1-3H3/t13-,14-,15+,16-,17+/m1/s1. The number of hydrogen-bond donors (Lipinski definition) is 6. The van der Waals surface area contributed by atoms with E-state index in [1.807, 2.05) is 0 Å². The molecule has 26 heavy (non-hydrogen) atoms. The van der Waals surface area contributed by atoms with E-state index in [1.165, 1.54) is 6.07 Å². The summed E-state index contributed by atoms with van der Waals surface area (Å²) in [7, 11) is 0. The van der Waals surface area contributed by atoms with Crippen molar-refractivity contribution in [1.29, 1.82) is 0 Å². The van der Waals surface area contributed by atoms with E-state index >= 15 is 0 Å². The zero-order valence-corrected chi connectivity index (χ0v) is 15.2. The topological polar surface area (TPSA) is 140 Å². The molecule has 0 amide bonds. The lowest BCUT2D eigenvalue weighted by Gasteiger charge is -2.39. The van der Waals surface area contributed by atoms with Gasteiger partial charge in [0.25, 0.3) is 0 Å². The Balaban J connectivity index is 2.25. The molecule has 5 atom stereocenters. The first-order chi connectivity index (χ1) is 12.0. The molecule has 1 aromatic carbocycles. The van der Waals surface area contributed by atoms with Crippen LogP contribution in [0, 0.1) is 6.92 Å². The SMILES string of the molecule is Cc1cc(O[C@H]2O[C@H](CO)[C@@H](O)[C@H](O)[C@H]2O)c(CCC(C)(C)O)cc1O. The Morgan fingerprint density at radius 2 is 1.77 bits per heavy atom. The lowest BCUT2D eigenvalue weighted by molar-refractivity contribution is -0.277. The molecule has 0 radical (unpaired) electrons. The highest BCUT2D eigenvalue weighted by Crippen LogP contribution is 2.32. The number of rotatable bonds is 6. The highest BCUT2D eigenvalue weighted by molar-refractivity contribution is 5.45. The summed E-state index contributed by atoms with van der Waals surface area (Å²) in [5, 5.41) is 59.0. The number of benzene rings is 1. The van der Waals surface area contributed by atoms with Crippen LogP contribution in [0.15, 0.2) is 12.1 Å². The van der Waals surface area contributed by atoms with E-state index in [2.05, 4.69) is 0 Å². The van der Waals surface area contributed by atoms with Gasteiger partial charge in [-0.25, -0.2) is 0 Å². The second-order valence-electron chi connectivity index (χ2n) is 7.37. The van der Waals surface area contributed by atoms with Crippen LogP contribution < -0.4 is 4.74 Å². The van der Waals surface area contributed by atoms with Crippen LogP contribution in [0.3, 0.4) is 0 Å². The molecule has 0 aromatic heterocycles. The van der Waals surface area contributed by atoms with Crippen LogP contribution in [0.2, 0.25) is 0 Å². The van der Waals surface area contributed by atoms with E-state index in [0.29, 0.717) is 29.7 Å². The lowest BCUT2D eigenvalue weighted by Crippen LogP contribution is -2.60. The maximum atomic E-state index is 10.1. The Morgan fingerprint density at radius 3 is 2.35 bits per heavy atom. The van der Waals surface area contributed by atoms with Crippen molar-refractivity contribution in [2.45, 2.75) is 69.9 Å². The number of aliphatic hydroxyl groups excluding tert-OH is 4. The quantitative estimate of drug-likeness (QED) is 0.396. The van der Waals surface area contributed by atoms with E-state index < -0.39 is 42.9 Å². The molecule has 6 N–H and O–H groups in total. The molecule has 0 unspecified atom stereocenters. The molecule has 0 aliphatic carbocycles. The van der Waals surface area contributed by atoms with E-state index in [0.717, 1.165) is 0 Å². The van der Waals surface area contributed by atoms with Gasteiger partial charge in [-0.15, -0.1) is 0 Å². The molecule has 2 rings (SSSR count). The van der Waals surface area contributed by atoms with Gasteiger partial charge in [-0.2, -0.15) is 0 Å². The Kier molecular flexibility index (Phi) is 6.49. The monoisotopic (exact) mass is 372 g/mol. The average Bonchev–Trinajstić information content (AvgIpc) is 2.56. The number of phenolic OH excluding ortho intramolecular Hbond substituents is 1. The normalized spacial score (nSPS) is 29.6. The molecule has 0 bridgehead atoms. The van der Waals surface area contributed by atoms with E-state index in [4.69, 9.17) is 9.47 Å². The molecular formula is C18H28O8. The van der Waals surface area contributed by atoms with Gasteiger partial charge in [-0.1, -0.05) is 0 Å². The third kappa shape index (κ3) is 4.85. The lowest BCUT2D eigenvalue weighted by atomic mass is 9.97. The third-order valence-corrected chi connectivity index (χ3v) is 4.48. The van der Waals surface area contributed by atoms with Gasteiger partial charge in [0.1, 0.15) is 35.9 Å². The molecule has 8 nitrogen and oxygen atoms in total. The predicted octanol–water partition coefficient (Wildman–Crippen LogP) is -0.417. The summed E-state index contributed by atoms with van der Waals surface area (Å²) in [6, 6.07) is 3.08. The van der Waals surface area contributed by atoms with Crippen LogP contribution >= 0.6 is 0 Å². The van der Waals surface area contributed by atoms with Gasteiger partial charge in [0.2, 0.25) is 6.29 Å². The number of ether oxygens (including phenoxy) is 2. The summed E-state index contributed by atoms with van der Waals surface area (Å²) in [5.41, 5.74) is 0.213. The highest BCUT2D eigenvalue weighted by atomic mass is 16.7. The fourth-order valence-electron chi connectivity index (χ4n) is 2.75. The van der Waals surface area contributed by atoms with Gasteiger partial charge in [0, 0.05) is 0 Å². The Bertz CT molecular complexity index is 610. The van der Waals surface area contributed by atoms with E-state index in [-0.39, 0.29) is 5.75 Å². The summed E-state index contributed by atoms with van der Waals surface area (Å²) in [6.07, 6.45) is -6.11. The average molecular weight is 372 g/mol.